The van der Waals surface area contributed by atoms with Crippen molar-refractivity contribution in [1.29, 1.82) is 0 Å². The Morgan fingerprint density at radius 2 is 2.03 bits per heavy atom. The van der Waals surface area contributed by atoms with Gasteiger partial charge in [0.2, 0.25) is 11.4 Å². The maximum atomic E-state index is 15.0. The van der Waals surface area contributed by atoms with Crippen molar-refractivity contribution in [2.75, 3.05) is 5.32 Å². The average molecular weight is 539 g/mol. The van der Waals surface area contributed by atoms with E-state index in [4.69, 9.17) is 21.1 Å². The number of amides is 2. The third-order valence-corrected chi connectivity index (χ3v) is 8.02. The van der Waals surface area contributed by atoms with Gasteiger partial charge in [0, 0.05) is 35.0 Å². The molecule has 2 aliphatic heterocycles. The van der Waals surface area contributed by atoms with Gasteiger partial charge in [0.1, 0.15) is 18.2 Å². The minimum Gasteiger partial charge on any atom is -0.489 e. The number of ether oxygens (including phenoxy) is 2. The van der Waals surface area contributed by atoms with Gasteiger partial charge >= 0.3 is 6.03 Å². The number of pyridine rings is 2. The van der Waals surface area contributed by atoms with Crippen molar-refractivity contribution in [3.8, 4) is 11.6 Å². The van der Waals surface area contributed by atoms with Gasteiger partial charge in [-0.2, -0.15) is 0 Å². The number of urea groups is 1. The molecule has 0 unspecified atom stereocenters. The summed E-state index contributed by atoms with van der Waals surface area (Å²) in [5.74, 6) is 0.468. The van der Waals surface area contributed by atoms with Crippen molar-refractivity contribution < 1.29 is 18.7 Å². The molecule has 0 radical (unpaired) electrons. The van der Waals surface area contributed by atoms with Gasteiger partial charge in [0.05, 0.1) is 24.0 Å². The summed E-state index contributed by atoms with van der Waals surface area (Å²) in [4.78, 5) is 33.6. The molecule has 2 atom stereocenters. The van der Waals surface area contributed by atoms with Crippen LogP contribution in [0.4, 0.5) is 14.9 Å². The molecule has 2 fully saturated rings. The molecule has 1 saturated carbocycles. The maximum absolute atomic E-state index is 15.0. The molecule has 3 aliphatic rings. The fourth-order valence-corrected chi connectivity index (χ4v) is 6.03. The Kier molecular flexibility index (Phi) is 6.69. The van der Waals surface area contributed by atoms with Crippen LogP contribution >= 0.6 is 11.6 Å². The number of aromatic amines is 1. The predicted octanol–water partition coefficient (Wildman–Crippen LogP) is 5.76. The van der Waals surface area contributed by atoms with Gasteiger partial charge in [0.25, 0.3) is 0 Å². The van der Waals surface area contributed by atoms with E-state index in [2.05, 4.69) is 15.3 Å². The summed E-state index contributed by atoms with van der Waals surface area (Å²) in [6.45, 7) is 0.0189. The van der Waals surface area contributed by atoms with E-state index in [-0.39, 0.29) is 41.1 Å². The summed E-state index contributed by atoms with van der Waals surface area (Å²) in [6, 6.07) is 7.20. The summed E-state index contributed by atoms with van der Waals surface area (Å²) in [6.07, 6.45) is 10.3. The quantitative estimate of drug-likeness (QED) is 0.416. The first-order valence-corrected chi connectivity index (χ1v) is 13.4. The molecule has 4 heterocycles. The average Bonchev–Trinajstić information content (AvgIpc) is 3.53. The second kappa shape index (κ2) is 10.3. The standard InChI is InChI=1S/C28H28ClFN4O4/c29-22-12-24(33-28(36)34-18-5-7-25(34)21-14-31-26(35)11-16(21)9-18)23(30)10-17(22)15-37-27-8-6-20(13-32-27)38-19-3-1-2-4-19/h6,8,10-14,18-19,25H,1-5,7,9,15H2,(H,31,35)(H,33,36)/t18-,25+/m0/s1. The van der Waals surface area contributed by atoms with Crippen LogP contribution in [0.3, 0.4) is 0 Å². The third kappa shape index (κ3) is 4.95. The zero-order valence-electron chi connectivity index (χ0n) is 20.7. The van der Waals surface area contributed by atoms with E-state index in [0.29, 0.717) is 23.6 Å². The van der Waals surface area contributed by atoms with E-state index in [9.17, 15) is 9.59 Å². The number of hydrogen-bond donors (Lipinski definition) is 2. The van der Waals surface area contributed by atoms with Gasteiger partial charge < -0.3 is 24.7 Å². The number of carbonyl (C=O) groups excluding carboxylic acids is 1. The first-order chi connectivity index (χ1) is 18.4. The second-order valence-electron chi connectivity index (χ2n) is 10.1. The Morgan fingerprint density at radius 1 is 1.18 bits per heavy atom. The van der Waals surface area contributed by atoms with Crippen LogP contribution in [0.15, 0.2) is 47.5 Å². The Balaban J connectivity index is 1.09. The first kappa shape index (κ1) is 24.7. The summed E-state index contributed by atoms with van der Waals surface area (Å²) >= 11 is 6.42. The number of carbonyl (C=O) groups is 1. The molecule has 198 valence electrons. The lowest BCUT2D eigenvalue weighted by molar-refractivity contribution is 0.179. The van der Waals surface area contributed by atoms with Crippen LogP contribution in [0.5, 0.6) is 11.6 Å². The van der Waals surface area contributed by atoms with Gasteiger partial charge in [-0.3, -0.25) is 4.79 Å². The van der Waals surface area contributed by atoms with Gasteiger partial charge in [-0.1, -0.05) is 11.6 Å². The van der Waals surface area contributed by atoms with Crippen LogP contribution in [0.1, 0.15) is 61.3 Å². The lowest BCUT2D eigenvalue weighted by Gasteiger charge is -2.36. The number of nitrogens with one attached hydrogen (secondary N) is 2. The Morgan fingerprint density at radius 3 is 2.82 bits per heavy atom. The monoisotopic (exact) mass is 538 g/mol. The largest absolute Gasteiger partial charge is 0.489 e. The van der Waals surface area contributed by atoms with Crippen molar-refractivity contribution in [2.24, 2.45) is 0 Å². The third-order valence-electron chi connectivity index (χ3n) is 7.66. The number of fused-ring (bicyclic) bond motifs is 4. The number of anilines is 1. The molecule has 2 bridgehead atoms. The molecule has 2 aromatic heterocycles. The van der Waals surface area contributed by atoms with Crippen molar-refractivity contribution in [3.05, 3.63) is 80.6 Å². The summed E-state index contributed by atoms with van der Waals surface area (Å²) in [5.41, 5.74) is 2.19. The normalized spacial score (nSPS) is 20.3. The van der Waals surface area contributed by atoms with E-state index in [1.807, 2.05) is 6.07 Å². The SMILES string of the molecule is O=C(Nc1cc(Cl)c(COc2ccc(OC3CCCC3)cn2)cc1F)N1[C@H]2CC[C@@H]1c1c[nH]c(=O)cc1C2. The molecule has 1 aromatic carbocycles. The number of rotatable bonds is 6. The number of nitrogens with zero attached hydrogens (tertiary/aromatic N) is 2. The molecule has 1 saturated heterocycles. The molecule has 2 N–H and O–H groups in total. The molecular weight excluding hydrogens is 511 g/mol. The van der Waals surface area contributed by atoms with E-state index in [1.54, 1.807) is 29.4 Å². The highest BCUT2D eigenvalue weighted by Gasteiger charge is 2.43. The van der Waals surface area contributed by atoms with E-state index in [0.717, 1.165) is 36.8 Å². The van der Waals surface area contributed by atoms with Crippen molar-refractivity contribution in [2.45, 2.75) is 69.7 Å². The van der Waals surface area contributed by atoms with Crippen molar-refractivity contribution in [3.63, 3.8) is 0 Å². The lowest BCUT2D eigenvalue weighted by atomic mass is 9.95. The van der Waals surface area contributed by atoms with Crippen LogP contribution in [0, 0.1) is 5.82 Å². The Bertz CT molecular complexity index is 1410. The van der Waals surface area contributed by atoms with Gasteiger partial charge in [-0.15, -0.1) is 0 Å². The van der Waals surface area contributed by atoms with Crippen LogP contribution in [0.25, 0.3) is 0 Å². The zero-order chi connectivity index (χ0) is 26.2. The maximum Gasteiger partial charge on any atom is 0.322 e. The fourth-order valence-electron chi connectivity index (χ4n) is 5.81. The second-order valence-corrected chi connectivity index (χ2v) is 10.5. The number of benzene rings is 1. The minimum atomic E-state index is -0.608. The number of H-pyrrole nitrogens is 1. The highest BCUT2D eigenvalue weighted by Crippen LogP contribution is 2.43. The number of hydrogen-bond acceptors (Lipinski definition) is 5. The molecule has 38 heavy (non-hydrogen) atoms. The van der Waals surface area contributed by atoms with Crippen LogP contribution in [0.2, 0.25) is 5.02 Å². The van der Waals surface area contributed by atoms with E-state index in [1.165, 1.54) is 25.0 Å². The molecule has 0 spiro atoms. The molecule has 8 nitrogen and oxygen atoms in total. The molecule has 3 aromatic rings. The van der Waals surface area contributed by atoms with Gasteiger partial charge in [-0.25, -0.2) is 14.2 Å². The molecular formula is C28H28ClFN4O4. The fraction of sp³-hybridized carbons (Fsp3) is 0.393. The lowest BCUT2D eigenvalue weighted by Crippen LogP contribution is -2.44. The molecule has 2 amide bonds. The smallest absolute Gasteiger partial charge is 0.322 e. The minimum absolute atomic E-state index is 0.00181. The Labute approximate surface area is 224 Å². The summed E-state index contributed by atoms with van der Waals surface area (Å²) in [5, 5.41) is 2.96. The molecule has 10 heteroatoms. The van der Waals surface area contributed by atoms with Gasteiger partial charge in [-0.05, 0) is 74.3 Å². The number of aromatic nitrogens is 2. The van der Waals surface area contributed by atoms with Gasteiger partial charge in [0.15, 0.2) is 0 Å². The van der Waals surface area contributed by atoms with Crippen LogP contribution < -0.4 is 20.3 Å². The molecule has 1 aliphatic carbocycles. The van der Waals surface area contributed by atoms with E-state index < -0.39 is 11.8 Å². The molecule has 6 rings (SSSR count). The first-order valence-electron chi connectivity index (χ1n) is 13.0. The van der Waals surface area contributed by atoms with Crippen molar-refractivity contribution >= 4 is 23.3 Å². The zero-order valence-corrected chi connectivity index (χ0v) is 21.5. The number of halogens is 2. The summed E-state index contributed by atoms with van der Waals surface area (Å²) in [7, 11) is 0. The van der Waals surface area contributed by atoms with Crippen LogP contribution in [-0.2, 0) is 13.0 Å². The Hall–Kier alpha value is -3.59. The van der Waals surface area contributed by atoms with Crippen LogP contribution in [-0.4, -0.2) is 33.0 Å². The topological polar surface area (TPSA) is 96.6 Å². The predicted molar refractivity (Wildman–Crippen MR) is 140 cm³/mol. The highest BCUT2D eigenvalue weighted by molar-refractivity contribution is 6.31. The highest BCUT2D eigenvalue weighted by atomic mass is 35.5. The summed E-state index contributed by atoms with van der Waals surface area (Å²) < 4.78 is 26.6. The van der Waals surface area contributed by atoms with Crippen molar-refractivity contribution in [1.82, 2.24) is 14.9 Å². The van der Waals surface area contributed by atoms with E-state index >= 15 is 4.39 Å².